The first-order chi connectivity index (χ1) is 11.5. The van der Waals surface area contributed by atoms with Crippen LogP contribution in [0, 0.1) is 0 Å². The van der Waals surface area contributed by atoms with Crippen molar-refractivity contribution in [1.82, 2.24) is 0 Å². The second kappa shape index (κ2) is 4.73. The molecule has 2 heterocycles. The lowest BCUT2D eigenvalue weighted by Crippen LogP contribution is -2.05. The van der Waals surface area contributed by atoms with Crippen molar-refractivity contribution in [1.29, 1.82) is 0 Å². The number of carbonyl (C=O) groups excluding carboxylic acids is 4. The summed E-state index contributed by atoms with van der Waals surface area (Å²) in [4.78, 5) is 47.2. The molecule has 0 radical (unpaired) electrons. The average molecular weight is 320 g/mol. The quantitative estimate of drug-likeness (QED) is 0.479. The molecule has 4 rings (SSSR count). The van der Waals surface area contributed by atoms with Crippen LogP contribution < -0.4 is 0 Å². The molecule has 0 aromatic heterocycles. The molecular formula is C18H8O6. The van der Waals surface area contributed by atoms with Crippen LogP contribution in [0.25, 0.3) is 5.76 Å². The van der Waals surface area contributed by atoms with E-state index in [-0.39, 0.29) is 28.2 Å². The summed E-state index contributed by atoms with van der Waals surface area (Å²) < 4.78 is 9.42. The van der Waals surface area contributed by atoms with Crippen molar-refractivity contribution in [3.8, 4) is 0 Å². The number of ketones is 1. The van der Waals surface area contributed by atoms with E-state index < -0.39 is 17.9 Å². The molecule has 0 saturated heterocycles. The predicted molar refractivity (Wildman–Crippen MR) is 80.5 cm³/mol. The Kier molecular flexibility index (Phi) is 2.77. The van der Waals surface area contributed by atoms with Gasteiger partial charge in [-0.25, -0.2) is 14.4 Å². The topological polar surface area (TPSA) is 86.7 Å². The molecule has 6 nitrogen and oxygen atoms in total. The van der Waals surface area contributed by atoms with Crippen LogP contribution in [0.2, 0.25) is 0 Å². The summed E-state index contributed by atoms with van der Waals surface area (Å²) in [7, 11) is 0. The number of benzene rings is 2. The van der Waals surface area contributed by atoms with E-state index in [0.29, 0.717) is 16.7 Å². The summed E-state index contributed by atoms with van der Waals surface area (Å²) >= 11 is 0. The predicted octanol–water partition coefficient (Wildman–Crippen LogP) is 2.37. The molecule has 0 aliphatic carbocycles. The van der Waals surface area contributed by atoms with E-state index in [2.05, 4.69) is 11.3 Å². The first-order valence-corrected chi connectivity index (χ1v) is 6.96. The fraction of sp³-hybridized carbons (Fsp3) is 0. The lowest BCUT2D eigenvalue weighted by Gasteiger charge is -2.04. The van der Waals surface area contributed by atoms with E-state index in [1.807, 2.05) is 0 Å². The molecule has 0 fully saturated rings. The summed E-state index contributed by atoms with van der Waals surface area (Å²) in [5.41, 5.74) is 1.55. The SMILES string of the molecule is C=C1OC(=O)c2ccc(C(=O)c3ccc4c(c3)C(=O)OC4=O)cc21. The second-order valence-corrected chi connectivity index (χ2v) is 5.34. The van der Waals surface area contributed by atoms with Gasteiger partial charge in [-0.1, -0.05) is 18.7 Å². The van der Waals surface area contributed by atoms with E-state index >= 15 is 0 Å². The van der Waals surface area contributed by atoms with Crippen LogP contribution in [0.5, 0.6) is 0 Å². The largest absolute Gasteiger partial charge is 0.423 e. The molecule has 0 bridgehead atoms. The van der Waals surface area contributed by atoms with E-state index in [4.69, 9.17) is 4.74 Å². The molecule has 0 amide bonds. The standard InChI is InChI=1S/C18H8O6/c1-8-13-6-9(2-4-11(13)16(20)23-8)15(19)10-3-5-12-14(7-10)18(22)24-17(12)21/h2-7H,1H2. The van der Waals surface area contributed by atoms with Crippen molar-refractivity contribution in [2.24, 2.45) is 0 Å². The Labute approximate surface area is 135 Å². The third kappa shape index (κ3) is 1.90. The monoisotopic (exact) mass is 320 g/mol. The molecule has 116 valence electrons. The highest BCUT2D eigenvalue weighted by atomic mass is 16.6. The molecule has 2 aromatic carbocycles. The van der Waals surface area contributed by atoms with E-state index in [0.717, 1.165) is 0 Å². The summed E-state index contributed by atoms with van der Waals surface area (Å²) in [6.07, 6.45) is 0. The van der Waals surface area contributed by atoms with Gasteiger partial charge in [0.05, 0.1) is 16.7 Å². The van der Waals surface area contributed by atoms with Crippen molar-refractivity contribution in [3.05, 3.63) is 76.4 Å². The van der Waals surface area contributed by atoms with Gasteiger partial charge >= 0.3 is 17.9 Å². The zero-order chi connectivity index (χ0) is 17.0. The lowest BCUT2D eigenvalue weighted by molar-refractivity contribution is 0.0443. The number of hydrogen-bond donors (Lipinski definition) is 0. The van der Waals surface area contributed by atoms with Crippen LogP contribution in [-0.2, 0) is 9.47 Å². The van der Waals surface area contributed by atoms with Crippen molar-refractivity contribution in [3.63, 3.8) is 0 Å². The van der Waals surface area contributed by atoms with Gasteiger partial charge in [0.25, 0.3) is 0 Å². The molecule has 0 atom stereocenters. The maximum Gasteiger partial charge on any atom is 0.346 e. The van der Waals surface area contributed by atoms with E-state index in [1.54, 1.807) is 0 Å². The Morgan fingerprint density at radius 2 is 1.21 bits per heavy atom. The summed E-state index contributed by atoms with van der Waals surface area (Å²) in [6.45, 7) is 3.63. The van der Waals surface area contributed by atoms with Gasteiger partial charge in [-0.2, -0.15) is 0 Å². The molecule has 6 heteroatoms. The smallest absolute Gasteiger partial charge is 0.346 e. The number of cyclic esters (lactones) is 3. The van der Waals surface area contributed by atoms with Gasteiger partial charge in [0.1, 0.15) is 5.76 Å². The first kappa shape index (κ1) is 14.1. The normalized spacial score (nSPS) is 15.0. The minimum Gasteiger partial charge on any atom is -0.423 e. The number of rotatable bonds is 2. The summed E-state index contributed by atoms with van der Waals surface area (Å²) in [5, 5.41) is 0. The van der Waals surface area contributed by atoms with Crippen molar-refractivity contribution < 1.29 is 28.7 Å². The Hall–Kier alpha value is -3.54. The van der Waals surface area contributed by atoms with Gasteiger partial charge in [0.15, 0.2) is 5.78 Å². The Bertz CT molecular complexity index is 919. The molecular weight excluding hydrogens is 312 g/mol. The van der Waals surface area contributed by atoms with Crippen molar-refractivity contribution >= 4 is 29.5 Å². The highest BCUT2D eigenvalue weighted by Crippen LogP contribution is 2.30. The Morgan fingerprint density at radius 3 is 1.88 bits per heavy atom. The Balaban J connectivity index is 1.76. The van der Waals surface area contributed by atoms with Gasteiger partial charge in [-0.3, -0.25) is 4.79 Å². The number of hydrogen-bond acceptors (Lipinski definition) is 6. The van der Waals surface area contributed by atoms with Crippen LogP contribution >= 0.6 is 0 Å². The lowest BCUT2D eigenvalue weighted by atomic mass is 9.96. The first-order valence-electron chi connectivity index (χ1n) is 6.96. The minimum atomic E-state index is -0.772. The van der Waals surface area contributed by atoms with Gasteiger partial charge in [-0.15, -0.1) is 0 Å². The molecule has 0 N–H and O–H groups in total. The fourth-order valence-electron chi connectivity index (χ4n) is 2.71. The molecule has 2 aliphatic heterocycles. The van der Waals surface area contributed by atoms with Gasteiger partial charge in [0.2, 0.25) is 0 Å². The van der Waals surface area contributed by atoms with Crippen LogP contribution in [0.3, 0.4) is 0 Å². The minimum absolute atomic E-state index is 0.0648. The van der Waals surface area contributed by atoms with E-state index in [1.165, 1.54) is 36.4 Å². The molecule has 24 heavy (non-hydrogen) atoms. The third-order valence-corrected chi connectivity index (χ3v) is 3.92. The fourth-order valence-corrected chi connectivity index (χ4v) is 2.71. The second-order valence-electron chi connectivity index (χ2n) is 5.34. The molecule has 0 unspecified atom stereocenters. The zero-order valence-corrected chi connectivity index (χ0v) is 12.1. The highest BCUT2D eigenvalue weighted by molar-refractivity contribution is 6.17. The van der Waals surface area contributed by atoms with Crippen LogP contribution in [-0.4, -0.2) is 23.7 Å². The maximum atomic E-state index is 12.6. The van der Waals surface area contributed by atoms with Crippen LogP contribution in [0.4, 0.5) is 0 Å². The Morgan fingerprint density at radius 1 is 0.708 bits per heavy atom. The average Bonchev–Trinajstić information content (AvgIpc) is 3.02. The number of esters is 3. The van der Waals surface area contributed by atoms with Crippen LogP contribution in [0.1, 0.15) is 52.6 Å². The van der Waals surface area contributed by atoms with Gasteiger partial charge in [-0.05, 0) is 24.3 Å². The molecule has 2 aromatic rings. The van der Waals surface area contributed by atoms with Gasteiger partial charge in [0, 0.05) is 16.7 Å². The molecule has 2 aliphatic rings. The third-order valence-electron chi connectivity index (χ3n) is 3.92. The number of carbonyl (C=O) groups is 4. The van der Waals surface area contributed by atoms with Crippen molar-refractivity contribution in [2.75, 3.05) is 0 Å². The summed E-state index contributed by atoms with van der Waals surface area (Å²) in [6, 6.07) is 8.67. The zero-order valence-electron chi connectivity index (χ0n) is 12.1. The maximum absolute atomic E-state index is 12.6. The molecule has 0 saturated carbocycles. The van der Waals surface area contributed by atoms with E-state index in [9.17, 15) is 19.2 Å². The molecule has 0 spiro atoms. The van der Waals surface area contributed by atoms with Crippen LogP contribution in [0.15, 0.2) is 43.0 Å². The number of fused-ring (bicyclic) bond motifs is 2. The van der Waals surface area contributed by atoms with Crippen molar-refractivity contribution in [2.45, 2.75) is 0 Å². The summed E-state index contributed by atoms with van der Waals surface area (Å²) in [5.74, 6) is -2.18. The highest BCUT2D eigenvalue weighted by Gasteiger charge is 2.31. The number of ether oxygens (including phenoxy) is 2. The van der Waals surface area contributed by atoms with Gasteiger partial charge < -0.3 is 9.47 Å².